The van der Waals surface area contributed by atoms with E-state index in [1.54, 1.807) is 42.6 Å². The molecule has 3 heterocycles. The van der Waals surface area contributed by atoms with Gasteiger partial charge in [0, 0.05) is 30.1 Å². The van der Waals surface area contributed by atoms with Gasteiger partial charge in [-0.1, -0.05) is 18.2 Å². The summed E-state index contributed by atoms with van der Waals surface area (Å²) in [6.07, 6.45) is 3.41. The highest BCUT2D eigenvalue weighted by atomic mass is 16.5. The quantitative estimate of drug-likeness (QED) is 0.429. The second kappa shape index (κ2) is 8.90. The Morgan fingerprint density at radius 1 is 1.09 bits per heavy atom. The van der Waals surface area contributed by atoms with Gasteiger partial charge in [-0.25, -0.2) is 0 Å². The Morgan fingerprint density at radius 2 is 1.88 bits per heavy atom. The maximum Gasteiger partial charge on any atom is 0.273 e. The van der Waals surface area contributed by atoms with Crippen molar-refractivity contribution in [3.8, 4) is 28.5 Å². The van der Waals surface area contributed by atoms with Crippen LogP contribution in [0.25, 0.3) is 11.3 Å². The van der Waals surface area contributed by atoms with Gasteiger partial charge in [0.15, 0.2) is 11.5 Å². The maximum absolute atomic E-state index is 13.6. The fourth-order valence-corrected chi connectivity index (χ4v) is 4.40. The number of carbonyl (C=O) groups excluding carboxylic acids is 1. The molecule has 0 saturated carbocycles. The number of hydrogen-bond acceptors (Lipinski definition) is 6. The molecule has 0 radical (unpaired) electrons. The number of H-pyrrole nitrogens is 1. The molecule has 0 aliphatic carbocycles. The van der Waals surface area contributed by atoms with E-state index in [0.717, 1.165) is 11.1 Å². The first-order valence-corrected chi connectivity index (χ1v) is 11.0. The van der Waals surface area contributed by atoms with Gasteiger partial charge in [-0.05, 0) is 54.4 Å². The van der Waals surface area contributed by atoms with E-state index in [2.05, 4.69) is 15.2 Å². The number of rotatable bonds is 7. The largest absolute Gasteiger partial charge is 0.507 e. The molecule has 5 rings (SSSR count). The van der Waals surface area contributed by atoms with Crippen LogP contribution in [0.1, 0.15) is 40.1 Å². The smallest absolute Gasteiger partial charge is 0.273 e. The molecule has 1 amide bonds. The number of nitrogens with zero attached hydrogens (tertiary/aromatic N) is 3. The van der Waals surface area contributed by atoms with Crippen LogP contribution in [0, 0.1) is 0 Å². The highest BCUT2D eigenvalue weighted by Crippen LogP contribution is 2.46. The summed E-state index contributed by atoms with van der Waals surface area (Å²) in [5, 5.41) is 17.9. The molecule has 8 nitrogen and oxygen atoms in total. The van der Waals surface area contributed by atoms with Crippen LogP contribution in [0.3, 0.4) is 0 Å². The first-order valence-electron chi connectivity index (χ1n) is 11.0. The number of aromatic nitrogens is 3. The van der Waals surface area contributed by atoms with Crippen molar-refractivity contribution in [3.05, 3.63) is 89.4 Å². The van der Waals surface area contributed by atoms with Crippen LogP contribution in [0.4, 0.5) is 0 Å². The van der Waals surface area contributed by atoms with Crippen LogP contribution < -0.4 is 9.47 Å². The lowest BCUT2D eigenvalue weighted by atomic mass is 9.95. The number of carbonyl (C=O) groups is 1. The summed E-state index contributed by atoms with van der Waals surface area (Å²) >= 11 is 0. The molecule has 0 unspecified atom stereocenters. The van der Waals surface area contributed by atoms with Crippen molar-refractivity contribution in [1.82, 2.24) is 20.1 Å². The fraction of sp³-hybridized carbons (Fsp3) is 0.192. The summed E-state index contributed by atoms with van der Waals surface area (Å²) in [4.78, 5) is 19.4. The molecule has 4 aromatic rings. The minimum atomic E-state index is -0.450. The molecule has 0 spiro atoms. The second-order valence-corrected chi connectivity index (χ2v) is 7.91. The zero-order valence-corrected chi connectivity index (χ0v) is 18.9. The second-order valence-electron chi connectivity index (χ2n) is 7.91. The van der Waals surface area contributed by atoms with E-state index in [9.17, 15) is 9.90 Å². The van der Waals surface area contributed by atoms with Gasteiger partial charge in [-0.3, -0.25) is 14.9 Å². The minimum Gasteiger partial charge on any atom is -0.507 e. The molecule has 0 fully saturated rings. The maximum atomic E-state index is 13.6. The summed E-state index contributed by atoms with van der Waals surface area (Å²) in [5.74, 6) is 1.14. The predicted octanol–water partition coefficient (Wildman–Crippen LogP) is 4.33. The van der Waals surface area contributed by atoms with Crippen molar-refractivity contribution in [3.63, 3.8) is 0 Å². The predicted molar refractivity (Wildman–Crippen MR) is 126 cm³/mol. The van der Waals surface area contributed by atoms with Gasteiger partial charge >= 0.3 is 0 Å². The Labute approximate surface area is 196 Å². The summed E-state index contributed by atoms with van der Waals surface area (Å²) in [7, 11) is 1.59. The topological polar surface area (TPSA) is 101 Å². The highest BCUT2D eigenvalue weighted by molar-refractivity contribution is 6.00. The number of phenols is 1. The zero-order chi connectivity index (χ0) is 23.7. The molecule has 0 saturated heterocycles. The standard InChI is InChI=1S/C26H24N4O4/c1-3-34-20-9-8-17(14-21(20)33-2)25-22-23(18-6-4-5-7-19(18)31)28-29-24(22)26(32)30(25)15-16-10-12-27-13-11-16/h4-14,25,31H,3,15H2,1-2H3,(H,28,29)/t25-/m1/s1. The number of fused-ring (bicyclic) bond motifs is 1. The Kier molecular flexibility index (Phi) is 5.63. The Balaban J connectivity index is 1.67. The molecule has 2 N–H and O–H groups in total. The van der Waals surface area contributed by atoms with Crippen molar-refractivity contribution in [1.29, 1.82) is 0 Å². The zero-order valence-electron chi connectivity index (χ0n) is 18.9. The number of para-hydroxylation sites is 1. The van der Waals surface area contributed by atoms with E-state index < -0.39 is 6.04 Å². The molecule has 34 heavy (non-hydrogen) atoms. The number of nitrogens with one attached hydrogen (secondary N) is 1. The van der Waals surface area contributed by atoms with E-state index in [1.165, 1.54) is 0 Å². The van der Waals surface area contributed by atoms with E-state index in [-0.39, 0.29) is 11.7 Å². The Hall–Kier alpha value is -4.33. The number of aromatic amines is 1. The number of amides is 1. The molecule has 0 bridgehead atoms. The number of aromatic hydroxyl groups is 1. The Morgan fingerprint density at radius 3 is 2.62 bits per heavy atom. The number of ether oxygens (including phenoxy) is 2. The number of benzene rings is 2. The van der Waals surface area contributed by atoms with Gasteiger partial charge in [0.25, 0.3) is 5.91 Å². The van der Waals surface area contributed by atoms with Gasteiger partial charge in [0.1, 0.15) is 17.1 Å². The van der Waals surface area contributed by atoms with E-state index in [1.807, 2.05) is 43.3 Å². The highest BCUT2D eigenvalue weighted by Gasteiger charge is 2.42. The molecular weight excluding hydrogens is 432 g/mol. The monoisotopic (exact) mass is 456 g/mol. The number of methoxy groups -OCH3 is 1. The summed E-state index contributed by atoms with van der Waals surface area (Å²) in [6.45, 7) is 2.80. The third-order valence-corrected chi connectivity index (χ3v) is 5.93. The van der Waals surface area contributed by atoms with Crippen molar-refractivity contribution in [2.75, 3.05) is 13.7 Å². The number of phenolic OH excluding ortho intramolecular Hbond substituents is 1. The molecule has 2 aromatic heterocycles. The summed E-state index contributed by atoms with van der Waals surface area (Å²) in [6, 6.07) is 16.0. The first-order chi connectivity index (χ1) is 16.6. The lowest BCUT2D eigenvalue weighted by molar-refractivity contribution is 0.0730. The van der Waals surface area contributed by atoms with Gasteiger partial charge in [0.2, 0.25) is 0 Å². The van der Waals surface area contributed by atoms with Gasteiger partial charge in [0.05, 0.1) is 19.8 Å². The first kappa shape index (κ1) is 21.5. The average Bonchev–Trinajstić information content (AvgIpc) is 3.40. The fourth-order valence-electron chi connectivity index (χ4n) is 4.40. The Bertz CT molecular complexity index is 1340. The molecule has 1 aliphatic rings. The van der Waals surface area contributed by atoms with Crippen LogP contribution in [0.15, 0.2) is 67.0 Å². The van der Waals surface area contributed by atoms with E-state index >= 15 is 0 Å². The van der Waals surface area contributed by atoms with Crippen molar-refractivity contribution in [2.24, 2.45) is 0 Å². The van der Waals surface area contributed by atoms with E-state index in [0.29, 0.717) is 47.2 Å². The van der Waals surface area contributed by atoms with Crippen LogP contribution in [-0.2, 0) is 6.54 Å². The SMILES string of the molecule is CCOc1ccc([C@@H]2c3c(-c4ccccc4O)n[nH]c3C(=O)N2Cc2ccncc2)cc1OC. The van der Waals surface area contributed by atoms with Gasteiger partial charge in [-0.15, -0.1) is 0 Å². The minimum absolute atomic E-state index is 0.0971. The summed E-state index contributed by atoms with van der Waals surface area (Å²) in [5.41, 5.74) is 4.02. The third-order valence-electron chi connectivity index (χ3n) is 5.93. The van der Waals surface area contributed by atoms with E-state index in [4.69, 9.17) is 9.47 Å². The molecule has 1 atom stereocenters. The lowest BCUT2D eigenvalue weighted by Gasteiger charge is -2.27. The molecule has 2 aromatic carbocycles. The third kappa shape index (κ3) is 3.63. The van der Waals surface area contributed by atoms with Crippen LogP contribution in [0.5, 0.6) is 17.2 Å². The number of hydrogen-bond donors (Lipinski definition) is 2. The normalized spacial score (nSPS) is 14.8. The van der Waals surface area contributed by atoms with Crippen molar-refractivity contribution < 1.29 is 19.4 Å². The van der Waals surface area contributed by atoms with Crippen molar-refractivity contribution in [2.45, 2.75) is 19.5 Å². The lowest BCUT2D eigenvalue weighted by Crippen LogP contribution is -2.29. The molecule has 1 aliphatic heterocycles. The van der Waals surface area contributed by atoms with Gasteiger partial charge < -0.3 is 19.5 Å². The number of pyridine rings is 1. The van der Waals surface area contributed by atoms with Crippen LogP contribution in [-0.4, -0.2) is 44.8 Å². The van der Waals surface area contributed by atoms with Crippen LogP contribution in [0.2, 0.25) is 0 Å². The average molecular weight is 457 g/mol. The van der Waals surface area contributed by atoms with Crippen LogP contribution >= 0.6 is 0 Å². The van der Waals surface area contributed by atoms with Gasteiger partial charge in [-0.2, -0.15) is 5.10 Å². The molecule has 172 valence electrons. The molecule has 8 heteroatoms. The molecular formula is C26H24N4O4. The van der Waals surface area contributed by atoms with Crippen molar-refractivity contribution >= 4 is 5.91 Å². The summed E-state index contributed by atoms with van der Waals surface area (Å²) < 4.78 is 11.3.